The summed E-state index contributed by atoms with van der Waals surface area (Å²) < 4.78 is 1.09. The summed E-state index contributed by atoms with van der Waals surface area (Å²) in [7, 11) is 0. The fourth-order valence-corrected chi connectivity index (χ4v) is 3.38. The third kappa shape index (κ3) is 3.49. The Labute approximate surface area is 123 Å². The number of nitrogens with one attached hydrogen (secondary N) is 1. The second-order valence-electron chi connectivity index (χ2n) is 5.90. The van der Waals surface area contributed by atoms with Crippen molar-refractivity contribution in [3.8, 4) is 0 Å². The van der Waals surface area contributed by atoms with E-state index in [9.17, 15) is 0 Å². The first kappa shape index (κ1) is 14.4. The van der Waals surface area contributed by atoms with Crippen LogP contribution in [0, 0.1) is 5.41 Å². The fraction of sp³-hybridized carbons (Fsp3) is 0.600. The van der Waals surface area contributed by atoms with E-state index in [0.29, 0.717) is 11.5 Å². The highest BCUT2D eigenvalue weighted by Gasteiger charge is 2.31. The Morgan fingerprint density at radius 3 is 2.89 bits per heavy atom. The smallest absolute Gasteiger partial charge is 0.0451 e. The summed E-state index contributed by atoms with van der Waals surface area (Å²) in [5.74, 6) is 0. The molecule has 0 saturated heterocycles. The van der Waals surface area contributed by atoms with Crippen molar-refractivity contribution >= 4 is 27.5 Å². The Morgan fingerprint density at radius 2 is 2.17 bits per heavy atom. The Balaban J connectivity index is 2.00. The zero-order valence-corrected chi connectivity index (χ0v) is 13.4. The topological polar surface area (TPSA) is 12.0 Å². The molecule has 2 rings (SSSR count). The predicted molar refractivity (Wildman–Crippen MR) is 82.0 cm³/mol. The number of hydrogen-bond donors (Lipinski definition) is 1. The maximum absolute atomic E-state index is 6.22. The Kier molecular flexibility index (Phi) is 4.74. The van der Waals surface area contributed by atoms with Crippen LogP contribution >= 0.6 is 27.5 Å². The van der Waals surface area contributed by atoms with Crippen molar-refractivity contribution in [3.05, 3.63) is 33.3 Å². The lowest BCUT2D eigenvalue weighted by Crippen LogP contribution is -2.43. The van der Waals surface area contributed by atoms with Crippen molar-refractivity contribution < 1.29 is 0 Å². The molecule has 0 amide bonds. The molecule has 1 saturated carbocycles. The average Bonchev–Trinajstić information content (AvgIpc) is 2.31. The van der Waals surface area contributed by atoms with Crippen LogP contribution in [0.25, 0.3) is 0 Å². The van der Waals surface area contributed by atoms with Crippen LogP contribution in [0.2, 0.25) is 5.02 Å². The van der Waals surface area contributed by atoms with E-state index < -0.39 is 0 Å². The van der Waals surface area contributed by atoms with Crippen LogP contribution in [0.15, 0.2) is 22.7 Å². The van der Waals surface area contributed by atoms with Gasteiger partial charge in [-0.2, -0.15) is 0 Å². The van der Waals surface area contributed by atoms with Crippen LogP contribution in [0.3, 0.4) is 0 Å². The minimum absolute atomic E-state index is 0.400. The van der Waals surface area contributed by atoms with Crippen LogP contribution in [0.1, 0.15) is 45.1 Å². The minimum atomic E-state index is 0.400. The van der Waals surface area contributed by atoms with Crippen molar-refractivity contribution in [2.45, 2.75) is 52.1 Å². The van der Waals surface area contributed by atoms with Crippen molar-refractivity contribution in [1.29, 1.82) is 0 Å². The molecule has 1 unspecified atom stereocenters. The van der Waals surface area contributed by atoms with Crippen molar-refractivity contribution in [2.24, 2.45) is 5.41 Å². The van der Waals surface area contributed by atoms with E-state index >= 15 is 0 Å². The van der Waals surface area contributed by atoms with E-state index in [1.54, 1.807) is 0 Å². The van der Waals surface area contributed by atoms with Gasteiger partial charge in [0.05, 0.1) is 0 Å². The number of rotatable bonds is 3. The zero-order valence-electron chi connectivity index (χ0n) is 11.1. The van der Waals surface area contributed by atoms with E-state index in [4.69, 9.17) is 11.6 Å². The third-order valence-corrected chi connectivity index (χ3v) is 4.92. The predicted octanol–water partition coefficient (Wildman–Crippen LogP) is 5.16. The number of benzene rings is 1. The molecule has 1 N–H and O–H groups in total. The normalized spacial score (nSPS) is 23.0. The first-order valence-electron chi connectivity index (χ1n) is 6.66. The van der Waals surface area contributed by atoms with Gasteiger partial charge in [0.25, 0.3) is 0 Å². The Hall–Kier alpha value is -0.0500. The molecule has 1 aromatic rings. The van der Waals surface area contributed by atoms with Crippen LogP contribution in [-0.4, -0.2) is 6.04 Å². The highest BCUT2D eigenvalue weighted by atomic mass is 79.9. The van der Waals surface area contributed by atoms with Crippen molar-refractivity contribution in [3.63, 3.8) is 0 Å². The van der Waals surface area contributed by atoms with Gasteiger partial charge in [0.2, 0.25) is 0 Å². The summed E-state index contributed by atoms with van der Waals surface area (Å²) in [4.78, 5) is 0. The number of hydrogen-bond acceptors (Lipinski definition) is 1. The Bertz CT molecular complexity index is 417. The van der Waals surface area contributed by atoms with Crippen LogP contribution in [-0.2, 0) is 6.54 Å². The lowest BCUT2D eigenvalue weighted by Gasteiger charge is -2.39. The van der Waals surface area contributed by atoms with Crippen LogP contribution in [0.5, 0.6) is 0 Å². The maximum Gasteiger partial charge on any atom is 0.0451 e. The summed E-state index contributed by atoms with van der Waals surface area (Å²) in [6.07, 6.45) is 5.30. The third-order valence-electron chi connectivity index (χ3n) is 4.05. The van der Waals surface area contributed by atoms with E-state index in [0.717, 1.165) is 16.0 Å². The lowest BCUT2D eigenvalue weighted by atomic mass is 9.73. The van der Waals surface area contributed by atoms with Gasteiger partial charge in [0, 0.05) is 22.1 Å². The van der Waals surface area contributed by atoms with Gasteiger partial charge in [0.1, 0.15) is 0 Å². The molecule has 0 bridgehead atoms. The zero-order chi connectivity index (χ0) is 13.2. The quantitative estimate of drug-likeness (QED) is 0.807. The molecule has 3 heteroatoms. The molecular weight excluding hydrogens is 310 g/mol. The maximum atomic E-state index is 6.22. The van der Waals surface area contributed by atoms with E-state index in [1.807, 2.05) is 12.1 Å². The van der Waals surface area contributed by atoms with Crippen LogP contribution in [0.4, 0.5) is 0 Å². The SMILES string of the molecule is CC1(C)CCCCC1NCc1cc(Br)ccc1Cl. The van der Waals surface area contributed by atoms with Gasteiger partial charge in [-0.3, -0.25) is 0 Å². The molecule has 0 aliphatic heterocycles. The summed E-state index contributed by atoms with van der Waals surface area (Å²) >= 11 is 9.72. The lowest BCUT2D eigenvalue weighted by molar-refractivity contribution is 0.167. The summed E-state index contributed by atoms with van der Waals surface area (Å²) in [6.45, 7) is 5.59. The monoisotopic (exact) mass is 329 g/mol. The minimum Gasteiger partial charge on any atom is -0.309 e. The fourth-order valence-electron chi connectivity index (χ4n) is 2.78. The standard InChI is InChI=1S/C15H21BrClN/c1-15(2)8-4-3-5-14(15)18-10-11-9-12(16)6-7-13(11)17/h6-7,9,14,18H,3-5,8,10H2,1-2H3. The van der Waals surface area contributed by atoms with Crippen LogP contribution < -0.4 is 5.32 Å². The highest BCUT2D eigenvalue weighted by Crippen LogP contribution is 2.35. The Morgan fingerprint density at radius 1 is 1.39 bits per heavy atom. The van der Waals surface area contributed by atoms with Gasteiger partial charge >= 0.3 is 0 Å². The molecular formula is C15H21BrClN. The molecule has 0 heterocycles. The van der Waals surface area contributed by atoms with Gasteiger partial charge in [0.15, 0.2) is 0 Å². The largest absolute Gasteiger partial charge is 0.309 e. The molecule has 0 aromatic heterocycles. The van der Waals surface area contributed by atoms with E-state index in [2.05, 4.69) is 41.2 Å². The molecule has 1 fully saturated rings. The average molecular weight is 331 g/mol. The molecule has 1 atom stereocenters. The molecule has 0 radical (unpaired) electrons. The molecule has 1 aliphatic carbocycles. The second kappa shape index (κ2) is 5.94. The molecule has 0 spiro atoms. The van der Waals surface area contributed by atoms with Gasteiger partial charge < -0.3 is 5.32 Å². The molecule has 100 valence electrons. The van der Waals surface area contributed by atoms with Gasteiger partial charge in [-0.25, -0.2) is 0 Å². The molecule has 1 aromatic carbocycles. The van der Waals surface area contributed by atoms with Crippen molar-refractivity contribution in [2.75, 3.05) is 0 Å². The molecule has 1 nitrogen and oxygen atoms in total. The van der Waals surface area contributed by atoms with E-state index in [-0.39, 0.29) is 0 Å². The highest BCUT2D eigenvalue weighted by molar-refractivity contribution is 9.10. The first-order chi connectivity index (χ1) is 8.49. The first-order valence-corrected chi connectivity index (χ1v) is 7.83. The van der Waals surface area contributed by atoms with E-state index in [1.165, 1.54) is 31.2 Å². The van der Waals surface area contributed by atoms with Gasteiger partial charge in [-0.05, 0) is 42.0 Å². The number of halogens is 2. The molecule has 1 aliphatic rings. The summed E-state index contributed by atoms with van der Waals surface area (Å²) in [5.41, 5.74) is 1.57. The van der Waals surface area contributed by atoms with Gasteiger partial charge in [-0.15, -0.1) is 0 Å². The summed E-state index contributed by atoms with van der Waals surface area (Å²) in [5, 5.41) is 4.54. The summed E-state index contributed by atoms with van der Waals surface area (Å²) in [6, 6.07) is 6.64. The van der Waals surface area contributed by atoms with Gasteiger partial charge in [-0.1, -0.05) is 54.2 Å². The molecule has 18 heavy (non-hydrogen) atoms. The second-order valence-corrected chi connectivity index (χ2v) is 7.23. The van der Waals surface area contributed by atoms with Crippen molar-refractivity contribution in [1.82, 2.24) is 5.32 Å².